The van der Waals surface area contributed by atoms with E-state index in [2.05, 4.69) is 10.3 Å². The van der Waals surface area contributed by atoms with E-state index in [1.807, 2.05) is 6.92 Å². The van der Waals surface area contributed by atoms with Crippen molar-refractivity contribution in [3.63, 3.8) is 0 Å². The molecule has 1 heterocycles. The maximum absolute atomic E-state index is 12.5. The lowest BCUT2D eigenvalue weighted by molar-refractivity contribution is 0.501. The zero-order chi connectivity index (χ0) is 7.56. The van der Waals surface area contributed by atoms with Crippen molar-refractivity contribution in [2.24, 2.45) is 7.05 Å². The molecule has 0 saturated heterocycles. The number of rotatable bonds is 2. The van der Waals surface area contributed by atoms with Crippen LogP contribution in [0.5, 0.6) is 0 Å². The number of imidazole rings is 1. The number of halogens is 1. The summed E-state index contributed by atoms with van der Waals surface area (Å²) in [4.78, 5) is 3.59. The molecule has 4 heteroatoms. The Hall–Kier alpha value is -1.06. The molecule has 0 atom stereocenters. The zero-order valence-electron chi connectivity index (χ0n) is 6.06. The van der Waals surface area contributed by atoms with Crippen LogP contribution in [0, 0.1) is 6.08 Å². The average Bonchev–Trinajstić information content (AvgIpc) is 2.14. The minimum atomic E-state index is -0.462. The van der Waals surface area contributed by atoms with E-state index >= 15 is 0 Å². The number of aromatic nitrogens is 2. The van der Waals surface area contributed by atoms with E-state index in [9.17, 15) is 4.39 Å². The summed E-state index contributed by atoms with van der Waals surface area (Å²) in [6.45, 7) is 2.70. The van der Waals surface area contributed by atoms with Crippen LogP contribution in [-0.4, -0.2) is 16.1 Å². The Morgan fingerprint density at radius 1 is 1.80 bits per heavy atom. The summed E-state index contributed by atoms with van der Waals surface area (Å²) in [6, 6.07) is 0. The van der Waals surface area contributed by atoms with Gasteiger partial charge in [-0.1, -0.05) is 0 Å². The molecule has 1 N–H and O–H groups in total. The average molecular weight is 143 g/mol. The van der Waals surface area contributed by atoms with Gasteiger partial charge in [-0.2, -0.15) is 9.37 Å². The van der Waals surface area contributed by atoms with Crippen LogP contribution >= 0.6 is 0 Å². The van der Waals surface area contributed by atoms with Crippen LogP contribution in [0.15, 0.2) is 6.20 Å². The molecule has 1 aromatic heterocycles. The molecule has 10 heavy (non-hydrogen) atoms. The molecule has 0 saturated carbocycles. The molecule has 0 amide bonds. The molecule has 0 unspecified atom stereocenters. The van der Waals surface area contributed by atoms with Crippen LogP contribution in [0.1, 0.15) is 6.92 Å². The summed E-state index contributed by atoms with van der Waals surface area (Å²) in [5, 5.41) is 2.90. The molecule has 3 nitrogen and oxygen atoms in total. The minimum absolute atomic E-state index is 0.462. The van der Waals surface area contributed by atoms with Gasteiger partial charge in [0, 0.05) is 19.8 Å². The van der Waals surface area contributed by atoms with Gasteiger partial charge in [0.05, 0.1) is 0 Å². The van der Waals surface area contributed by atoms with Crippen LogP contribution in [0.2, 0.25) is 0 Å². The molecule has 0 fully saturated rings. The maximum atomic E-state index is 12.5. The van der Waals surface area contributed by atoms with E-state index in [1.54, 1.807) is 13.2 Å². The largest absolute Gasteiger partial charge is 0.369 e. The predicted molar refractivity (Wildman–Crippen MR) is 37.3 cm³/mol. The van der Waals surface area contributed by atoms with Crippen molar-refractivity contribution in [3.05, 3.63) is 12.3 Å². The summed E-state index contributed by atoms with van der Waals surface area (Å²) < 4.78 is 13.8. The van der Waals surface area contributed by atoms with Gasteiger partial charge >= 0.3 is 0 Å². The Kier molecular flexibility index (Phi) is 1.89. The first-order chi connectivity index (χ1) is 4.74. The van der Waals surface area contributed by atoms with E-state index in [0.29, 0.717) is 5.82 Å². The molecule has 1 aromatic rings. The lowest BCUT2D eigenvalue weighted by Crippen LogP contribution is -1.95. The smallest absolute Gasteiger partial charge is 0.290 e. The molecular weight excluding hydrogens is 133 g/mol. The molecule has 1 rings (SSSR count). The Balaban J connectivity index is 2.77. The Morgan fingerprint density at radius 3 is 2.90 bits per heavy atom. The molecule has 56 valence electrons. The van der Waals surface area contributed by atoms with Gasteiger partial charge in [0.2, 0.25) is 0 Å². The highest BCUT2D eigenvalue weighted by Gasteiger charge is 2.00. The highest BCUT2D eigenvalue weighted by Crippen LogP contribution is 2.03. The van der Waals surface area contributed by atoms with Crippen molar-refractivity contribution < 1.29 is 4.39 Å². The van der Waals surface area contributed by atoms with Crippen molar-refractivity contribution in [1.29, 1.82) is 0 Å². The molecule has 0 radical (unpaired) electrons. The lowest BCUT2D eigenvalue weighted by atomic mass is 10.6. The van der Waals surface area contributed by atoms with Crippen LogP contribution in [0.4, 0.5) is 10.2 Å². The first-order valence-corrected chi connectivity index (χ1v) is 3.16. The number of hydrogen-bond donors (Lipinski definition) is 1. The summed E-state index contributed by atoms with van der Waals surface area (Å²) in [6.07, 6.45) is 1.15. The van der Waals surface area contributed by atoms with Crippen molar-refractivity contribution in [1.82, 2.24) is 9.55 Å². The summed E-state index contributed by atoms with van der Waals surface area (Å²) >= 11 is 0. The van der Waals surface area contributed by atoms with Gasteiger partial charge in [0.15, 0.2) is 0 Å². The maximum Gasteiger partial charge on any atom is 0.290 e. The Morgan fingerprint density at radius 2 is 2.50 bits per heavy atom. The van der Waals surface area contributed by atoms with E-state index in [1.165, 1.54) is 4.57 Å². The van der Waals surface area contributed by atoms with Gasteiger partial charge in [0.25, 0.3) is 6.08 Å². The summed E-state index contributed by atoms with van der Waals surface area (Å²) in [7, 11) is 1.61. The first kappa shape index (κ1) is 7.05. The van der Waals surface area contributed by atoms with E-state index in [-0.39, 0.29) is 0 Å². The van der Waals surface area contributed by atoms with Gasteiger partial charge in [-0.3, -0.25) is 0 Å². The van der Waals surface area contributed by atoms with Crippen molar-refractivity contribution in [2.45, 2.75) is 6.92 Å². The normalized spacial score (nSPS) is 9.90. The number of anilines is 1. The van der Waals surface area contributed by atoms with Crippen LogP contribution in [0.25, 0.3) is 0 Å². The third kappa shape index (κ3) is 1.26. The van der Waals surface area contributed by atoms with Crippen LogP contribution in [-0.2, 0) is 7.05 Å². The number of nitrogens with zero attached hydrogens (tertiary/aromatic N) is 2. The van der Waals surface area contributed by atoms with Gasteiger partial charge in [-0.15, -0.1) is 0 Å². The van der Waals surface area contributed by atoms with E-state index < -0.39 is 6.08 Å². The van der Waals surface area contributed by atoms with Crippen LogP contribution in [0.3, 0.4) is 0 Å². The van der Waals surface area contributed by atoms with Crippen molar-refractivity contribution in [3.8, 4) is 0 Å². The minimum Gasteiger partial charge on any atom is -0.369 e. The third-order valence-corrected chi connectivity index (χ3v) is 1.18. The lowest BCUT2D eigenvalue weighted by Gasteiger charge is -1.92. The second kappa shape index (κ2) is 2.68. The van der Waals surface area contributed by atoms with Crippen LogP contribution < -0.4 is 5.32 Å². The fourth-order valence-corrected chi connectivity index (χ4v) is 0.710. The second-order valence-corrected chi connectivity index (χ2v) is 2.04. The SMILES string of the molecule is CCNc1cn(C)c(F)n1. The highest BCUT2D eigenvalue weighted by molar-refractivity contribution is 5.30. The summed E-state index contributed by atoms with van der Waals surface area (Å²) in [5.74, 6) is 0.586. The van der Waals surface area contributed by atoms with Gasteiger partial charge in [0.1, 0.15) is 5.82 Å². The van der Waals surface area contributed by atoms with E-state index in [0.717, 1.165) is 6.54 Å². The third-order valence-electron chi connectivity index (χ3n) is 1.18. The highest BCUT2D eigenvalue weighted by atomic mass is 19.1. The number of aryl methyl sites for hydroxylation is 1. The van der Waals surface area contributed by atoms with Gasteiger partial charge < -0.3 is 9.88 Å². The topological polar surface area (TPSA) is 29.9 Å². The standard InChI is InChI=1S/C6H10FN3/c1-3-8-5-4-10(2)6(7)9-5/h4,8H,3H2,1-2H3. The molecular formula is C6H10FN3. The fraction of sp³-hybridized carbons (Fsp3) is 0.500. The first-order valence-electron chi connectivity index (χ1n) is 3.16. The Labute approximate surface area is 58.9 Å². The van der Waals surface area contributed by atoms with Gasteiger partial charge in [-0.05, 0) is 6.92 Å². The Bertz CT molecular complexity index is 199. The molecule has 0 spiro atoms. The van der Waals surface area contributed by atoms with Crippen molar-refractivity contribution >= 4 is 5.82 Å². The quantitative estimate of drug-likeness (QED) is 0.669. The number of nitrogens with one attached hydrogen (secondary N) is 1. The zero-order valence-corrected chi connectivity index (χ0v) is 6.06. The second-order valence-electron chi connectivity index (χ2n) is 2.04. The molecule has 0 aromatic carbocycles. The molecule has 0 aliphatic rings. The fourth-order valence-electron chi connectivity index (χ4n) is 0.710. The predicted octanol–water partition coefficient (Wildman–Crippen LogP) is 0.991. The molecule has 0 bridgehead atoms. The number of hydrogen-bond acceptors (Lipinski definition) is 2. The monoisotopic (exact) mass is 143 g/mol. The summed E-state index contributed by atoms with van der Waals surface area (Å²) in [5.41, 5.74) is 0. The van der Waals surface area contributed by atoms with Gasteiger partial charge in [-0.25, -0.2) is 0 Å². The van der Waals surface area contributed by atoms with Crippen molar-refractivity contribution in [2.75, 3.05) is 11.9 Å². The molecule has 0 aliphatic carbocycles. The van der Waals surface area contributed by atoms with E-state index in [4.69, 9.17) is 0 Å². The molecule has 0 aliphatic heterocycles.